The number of hydrogen-bond donors (Lipinski definition) is 1. The van der Waals surface area contributed by atoms with Crippen molar-refractivity contribution >= 4 is 0 Å². The molecule has 1 unspecified atom stereocenters. The quantitative estimate of drug-likeness (QED) is 0.632. The van der Waals surface area contributed by atoms with Crippen molar-refractivity contribution in [2.24, 2.45) is 5.92 Å². The van der Waals surface area contributed by atoms with E-state index in [4.69, 9.17) is 0 Å². The third-order valence-corrected chi connectivity index (χ3v) is 4.08. The van der Waals surface area contributed by atoms with Crippen LogP contribution < -0.4 is 5.32 Å². The highest BCUT2D eigenvalue weighted by atomic mass is 15.2. The van der Waals surface area contributed by atoms with Gasteiger partial charge in [0.2, 0.25) is 0 Å². The molecule has 0 spiro atoms. The topological polar surface area (TPSA) is 15.3 Å². The van der Waals surface area contributed by atoms with Gasteiger partial charge in [-0.15, -0.1) is 0 Å². The van der Waals surface area contributed by atoms with Crippen LogP contribution in [0.2, 0.25) is 0 Å². The van der Waals surface area contributed by atoms with Crippen molar-refractivity contribution < 1.29 is 0 Å². The second kappa shape index (κ2) is 9.80. The second-order valence-corrected chi connectivity index (χ2v) is 6.26. The minimum absolute atomic E-state index is 0.850. The zero-order chi connectivity index (χ0) is 13.2. The van der Waals surface area contributed by atoms with Crippen LogP contribution in [-0.4, -0.2) is 37.1 Å². The molecular formula is C16H34N2. The molecule has 108 valence electrons. The van der Waals surface area contributed by atoms with E-state index in [0.29, 0.717) is 0 Å². The van der Waals surface area contributed by atoms with Crippen molar-refractivity contribution in [3.8, 4) is 0 Å². The average Bonchev–Trinajstić information content (AvgIpc) is 2.35. The number of likely N-dealkylation sites (tertiary alicyclic amines) is 1. The summed E-state index contributed by atoms with van der Waals surface area (Å²) >= 11 is 0. The minimum Gasteiger partial charge on any atom is -0.315 e. The molecule has 1 aliphatic rings. The van der Waals surface area contributed by atoms with Crippen LogP contribution >= 0.6 is 0 Å². The zero-order valence-corrected chi connectivity index (χ0v) is 12.9. The Morgan fingerprint density at radius 1 is 1.22 bits per heavy atom. The maximum Gasteiger partial charge on any atom is 0.0110 e. The van der Waals surface area contributed by atoms with Gasteiger partial charge in [0.1, 0.15) is 0 Å². The van der Waals surface area contributed by atoms with Gasteiger partial charge in [0.25, 0.3) is 0 Å². The fraction of sp³-hybridized carbons (Fsp3) is 1.00. The Bertz CT molecular complexity index is 190. The van der Waals surface area contributed by atoms with E-state index < -0.39 is 0 Å². The smallest absolute Gasteiger partial charge is 0.0110 e. The molecule has 2 heteroatoms. The summed E-state index contributed by atoms with van der Waals surface area (Å²) in [5.74, 6) is 0.850. The molecule has 2 nitrogen and oxygen atoms in total. The maximum absolute atomic E-state index is 3.61. The summed E-state index contributed by atoms with van der Waals surface area (Å²) in [4.78, 5) is 2.72. The van der Waals surface area contributed by atoms with Crippen LogP contribution in [0.25, 0.3) is 0 Å². The lowest BCUT2D eigenvalue weighted by Crippen LogP contribution is -2.43. The molecule has 0 aromatic heterocycles. The molecule has 0 bridgehead atoms. The Morgan fingerprint density at radius 2 is 2.06 bits per heavy atom. The van der Waals surface area contributed by atoms with E-state index in [9.17, 15) is 0 Å². The highest BCUT2D eigenvalue weighted by Gasteiger charge is 2.20. The monoisotopic (exact) mass is 254 g/mol. The number of nitrogens with one attached hydrogen (secondary N) is 1. The molecule has 1 N–H and O–H groups in total. The number of hydrogen-bond acceptors (Lipinski definition) is 2. The molecule has 0 aromatic rings. The first kappa shape index (κ1) is 16.0. The Balaban J connectivity index is 2.05. The minimum atomic E-state index is 0.850. The van der Waals surface area contributed by atoms with Gasteiger partial charge in [0.15, 0.2) is 0 Å². The largest absolute Gasteiger partial charge is 0.315 e. The lowest BCUT2D eigenvalue weighted by Gasteiger charge is -2.35. The van der Waals surface area contributed by atoms with Gasteiger partial charge in [-0.25, -0.2) is 0 Å². The molecule has 0 aliphatic carbocycles. The summed E-state index contributed by atoms with van der Waals surface area (Å²) in [6.45, 7) is 11.9. The van der Waals surface area contributed by atoms with Crippen molar-refractivity contribution in [3.63, 3.8) is 0 Å². The van der Waals surface area contributed by atoms with E-state index in [2.05, 4.69) is 31.0 Å². The van der Waals surface area contributed by atoms with E-state index in [1.54, 1.807) is 0 Å². The fourth-order valence-corrected chi connectivity index (χ4v) is 3.00. The molecular weight excluding hydrogens is 220 g/mol. The number of piperidine rings is 1. The summed E-state index contributed by atoms with van der Waals surface area (Å²) in [6.07, 6.45) is 9.71. The van der Waals surface area contributed by atoms with Crippen molar-refractivity contribution in [1.82, 2.24) is 10.2 Å². The lowest BCUT2D eigenvalue weighted by atomic mass is 9.98. The van der Waals surface area contributed by atoms with Gasteiger partial charge < -0.3 is 5.32 Å². The zero-order valence-electron chi connectivity index (χ0n) is 12.9. The Morgan fingerprint density at radius 3 is 2.78 bits per heavy atom. The first-order valence-electron chi connectivity index (χ1n) is 8.18. The van der Waals surface area contributed by atoms with E-state index in [1.807, 2.05) is 0 Å². The van der Waals surface area contributed by atoms with Crippen LogP contribution in [0.5, 0.6) is 0 Å². The molecule has 0 saturated carbocycles. The lowest BCUT2D eigenvalue weighted by molar-refractivity contribution is 0.140. The molecule has 18 heavy (non-hydrogen) atoms. The van der Waals surface area contributed by atoms with Crippen molar-refractivity contribution in [1.29, 1.82) is 0 Å². The molecule has 0 aromatic carbocycles. The first-order chi connectivity index (χ1) is 8.74. The predicted octanol–water partition coefficient (Wildman–Crippen LogP) is 3.67. The summed E-state index contributed by atoms with van der Waals surface area (Å²) in [5.41, 5.74) is 0. The van der Waals surface area contributed by atoms with Crippen molar-refractivity contribution in [2.45, 2.75) is 71.8 Å². The molecule has 1 saturated heterocycles. The third kappa shape index (κ3) is 6.75. The van der Waals surface area contributed by atoms with Gasteiger partial charge in [-0.3, -0.25) is 4.90 Å². The standard InChI is InChI=1S/C16H34N2/c1-4-8-16-10-5-6-13-18(16)14-12-17-11-7-9-15(2)3/h15-17H,4-14H2,1-3H3. The summed E-state index contributed by atoms with van der Waals surface area (Å²) in [5, 5.41) is 3.61. The number of rotatable bonds is 9. The van der Waals surface area contributed by atoms with E-state index in [-0.39, 0.29) is 0 Å². The van der Waals surface area contributed by atoms with Crippen LogP contribution in [-0.2, 0) is 0 Å². The van der Waals surface area contributed by atoms with Gasteiger partial charge >= 0.3 is 0 Å². The Labute approximate surface area is 115 Å². The van der Waals surface area contributed by atoms with Crippen LogP contribution in [0.3, 0.4) is 0 Å². The van der Waals surface area contributed by atoms with Gasteiger partial charge in [0.05, 0.1) is 0 Å². The van der Waals surface area contributed by atoms with Crippen molar-refractivity contribution in [2.75, 3.05) is 26.2 Å². The molecule has 1 atom stereocenters. The molecule has 0 amide bonds. The first-order valence-corrected chi connectivity index (χ1v) is 8.18. The molecule has 1 fully saturated rings. The molecule has 1 aliphatic heterocycles. The second-order valence-electron chi connectivity index (χ2n) is 6.26. The Hall–Kier alpha value is -0.0800. The molecule has 1 rings (SSSR count). The van der Waals surface area contributed by atoms with Crippen molar-refractivity contribution in [3.05, 3.63) is 0 Å². The van der Waals surface area contributed by atoms with Crippen LogP contribution in [0, 0.1) is 5.92 Å². The van der Waals surface area contributed by atoms with E-state index >= 15 is 0 Å². The predicted molar refractivity (Wildman–Crippen MR) is 81.1 cm³/mol. The average molecular weight is 254 g/mol. The van der Waals surface area contributed by atoms with Gasteiger partial charge in [-0.2, -0.15) is 0 Å². The van der Waals surface area contributed by atoms with E-state index in [0.717, 1.165) is 12.0 Å². The van der Waals surface area contributed by atoms with Crippen LogP contribution in [0.4, 0.5) is 0 Å². The van der Waals surface area contributed by atoms with Crippen LogP contribution in [0.1, 0.15) is 65.7 Å². The van der Waals surface area contributed by atoms with Gasteiger partial charge in [0, 0.05) is 19.1 Å². The highest BCUT2D eigenvalue weighted by Crippen LogP contribution is 2.20. The van der Waals surface area contributed by atoms with E-state index in [1.165, 1.54) is 71.1 Å². The highest BCUT2D eigenvalue weighted by molar-refractivity contribution is 4.76. The number of nitrogens with zero attached hydrogens (tertiary/aromatic N) is 1. The SMILES string of the molecule is CCCC1CCCCN1CCNCCCC(C)C. The molecule has 0 radical (unpaired) electrons. The summed E-state index contributed by atoms with van der Waals surface area (Å²) < 4.78 is 0. The van der Waals surface area contributed by atoms with Crippen LogP contribution in [0.15, 0.2) is 0 Å². The third-order valence-electron chi connectivity index (χ3n) is 4.08. The maximum atomic E-state index is 3.61. The summed E-state index contributed by atoms with van der Waals surface area (Å²) in [6, 6.07) is 0.876. The molecule has 1 heterocycles. The van der Waals surface area contributed by atoms with Gasteiger partial charge in [-0.05, 0) is 51.1 Å². The normalized spacial score (nSPS) is 21.7. The summed E-state index contributed by atoms with van der Waals surface area (Å²) in [7, 11) is 0. The Kier molecular flexibility index (Phi) is 8.70. The van der Waals surface area contributed by atoms with Gasteiger partial charge in [-0.1, -0.05) is 33.6 Å². The fourth-order valence-electron chi connectivity index (χ4n) is 3.00.